The van der Waals surface area contributed by atoms with E-state index < -0.39 is 16.2 Å². The number of ether oxygens (including phenoxy) is 2. The molecular formula is C13H14N2O5S. The third kappa shape index (κ3) is 3.83. The molecule has 21 heavy (non-hydrogen) atoms. The minimum atomic E-state index is -3.98. The topological polar surface area (TPSA) is 108 Å². The summed E-state index contributed by atoms with van der Waals surface area (Å²) in [5.41, 5.74) is 0.811. The summed E-state index contributed by atoms with van der Waals surface area (Å²) in [6.07, 6.45) is 4.64. The number of carbonyl (C=O) groups excluding carboxylic acids is 1. The second kappa shape index (κ2) is 5.98. The number of hydrogen-bond donors (Lipinski definition) is 2. The molecule has 0 fully saturated rings. The SMILES string of the molecule is CCOC(=O)c1cccc2c1OC(NS(N)(=O)=O)=CC=C2. The van der Waals surface area contributed by atoms with Gasteiger partial charge in [-0.3, -0.25) is 0 Å². The molecule has 0 bridgehead atoms. The smallest absolute Gasteiger partial charge is 0.341 e. The molecule has 0 saturated heterocycles. The van der Waals surface area contributed by atoms with Crippen LogP contribution in [0.15, 0.2) is 36.2 Å². The van der Waals surface area contributed by atoms with Gasteiger partial charge in [0.05, 0.1) is 6.61 Å². The van der Waals surface area contributed by atoms with E-state index in [1.807, 2.05) is 4.72 Å². The number of allylic oxidation sites excluding steroid dienone is 2. The van der Waals surface area contributed by atoms with Crippen LogP contribution in [0.5, 0.6) is 5.75 Å². The van der Waals surface area contributed by atoms with Crippen molar-refractivity contribution in [3.05, 3.63) is 47.4 Å². The normalized spacial score (nSPS) is 13.5. The zero-order chi connectivity index (χ0) is 15.5. The van der Waals surface area contributed by atoms with Gasteiger partial charge in [0.25, 0.3) is 10.2 Å². The van der Waals surface area contributed by atoms with E-state index in [0.717, 1.165) is 0 Å². The summed E-state index contributed by atoms with van der Waals surface area (Å²) in [7, 11) is -3.98. The Hall–Kier alpha value is -2.32. The van der Waals surface area contributed by atoms with E-state index in [1.54, 1.807) is 31.2 Å². The molecule has 0 aliphatic carbocycles. The maximum atomic E-state index is 11.9. The minimum Gasteiger partial charge on any atom is -0.462 e. The highest BCUT2D eigenvalue weighted by molar-refractivity contribution is 7.87. The molecule has 1 aromatic carbocycles. The first-order valence-electron chi connectivity index (χ1n) is 6.07. The Kier molecular flexibility index (Phi) is 4.29. The predicted molar refractivity (Wildman–Crippen MR) is 76.4 cm³/mol. The summed E-state index contributed by atoms with van der Waals surface area (Å²) in [5, 5.41) is 4.91. The minimum absolute atomic E-state index is 0.107. The van der Waals surface area contributed by atoms with Crippen molar-refractivity contribution in [3.63, 3.8) is 0 Å². The molecule has 7 nitrogen and oxygen atoms in total. The lowest BCUT2D eigenvalue weighted by Gasteiger charge is -2.14. The molecule has 0 unspecified atom stereocenters. The van der Waals surface area contributed by atoms with Gasteiger partial charge in [-0.1, -0.05) is 24.3 Å². The van der Waals surface area contributed by atoms with E-state index in [4.69, 9.17) is 14.6 Å². The van der Waals surface area contributed by atoms with Gasteiger partial charge in [-0.15, -0.1) is 0 Å². The van der Waals surface area contributed by atoms with E-state index in [2.05, 4.69) is 0 Å². The van der Waals surface area contributed by atoms with Crippen LogP contribution in [-0.2, 0) is 14.9 Å². The summed E-state index contributed by atoms with van der Waals surface area (Å²) in [6.45, 7) is 1.91. The maximum absolute atomic E-state index is 11.9. The Bertz CT molecular complexity index is 722. The highest BCUT2D eigenvalue weighted by atomic mass is 32.2. The molecule has 112 valence electrons. The van der Waals surface area contributed by atoms with Crippen LogP contribution in [-0.4, -0.2) is 21.0 Å². The number of nitrogens with two attached hydrogens (primary N) is 1. The Morgan fingerprint density at radius 1 is 1.43 bits per heavy atom. The molecule has 0 radical (unpaired) electrons. The first kappa shape index (κ1) is 15.1. The van der Waals surface area contributed by atoms with Crippen molar-refractivity contribution in [1.29, 1.82) is 0 Å². The van der Waals surface area contributed by atoms with Gasteiger partial charge in [-0.25, -0.2) is 14.7 Å². The third-order valence-corrected chi connectivity index (χ3v) is 3.00. The van der Waals surface area contributed by atoms with Crippen LogP contribution in [0.25, 0.3) is 6.08 Å². The van der Waals surface area contributed by atoms with Crippen LogP contribution < -0.4 is 14.6 Å². The molecule has 0 spiro atoms. The van der Waals surface area contributed by atoms with E-state index in [9.17, 15) is 13.2 Å². The molecule has 1 aliphatic heterocycles. The van der Waals surface area contributed by atoms with Gasteiger partial charge in [0, 0.05) is 5.56 Å². The summed E-state index contributed by atoms with van der Waals surface area (Å²) in [5.74, 6) is -0.462. The number of nitrogens with one attached hydrogen (secondary N) is 1. The molecule has 1 heterocycles. The lowest BCUT2D eigenvalue weighted by molar-refractivity contribution is 0.0523. The molecule has 0 saturated carbocycles. The molecule has 0 atom stereocenters. The van der Waals surface area contributed by atoms with Gasteiger partial charge >= 0.3 is 5.97 Å². The molecule has 0 aromatic heterocycles. The first-order chi connectivity index (χ1) is 9.90. The van der Waals surface area contributed by atoms with Crippen molar-refractivity contribution < 1.29 is 22.7 Å². The van der Waals surface area contributed by atoms with Crippen LogP contribution in [0.4, 0.5) is 0 Å². The summed E-state index contributed by atoms with van der Waals surface area (Å²) in [4.78, 5) is 11.9. The standard InChI is InChI=1S/C13H14N2O5S/c1-2-19-13(16)10-7-3-5-9-6-4-8-11(20-12(9)10)15-21(14,17)18/h3-8,15H,2H2,1H3,(H2,14,17,18). The predicted octanol–water partition coefficient (Wildman–Crippen LogP) is 0.903. The Labute approximate surface area is 122 Å². The molecule has 0 amide bonds. The summed E-state index contributed by atoms with van der Waals surface area (Å²) < 4.78 is 34.6. The molecule has 1 aromatic rings. The highest BCUT2D eigenvalue weighted by Gasteiger charge is 2.20. The third-order valence-electron chi connectivity index (χ3n) is 2.52. The van der Waals surface area contributed by atoms with Crippen molar-refractivity contribution in [2.45, 2.75) is 6.92 Å². The van der Waals surface area contributed by atoms with E-state index in [1.165, 1.54) is 12.1 Å². The van der Waals surface area contributed by atoms with Gasteiger partial charge in [-0.2, -0.15) is 8.42 Å². The van der Waals surface area contributed by atoms with Crippen LogP contribution in [0.2, 0.25) is 0 Å². The molecule has 8 heteroatoms. The second-order valence-electron chi connectivity index (χ2n) is 4.08. The lowest BCUT2D eigenvalue weighted by atomic mass is 10.1. The molecule has 1 aliphatic rings. The van der Waals surface area contributed by atoms with Crippen LogP contribution in [0, 0.1) is 0 Å². The number of para-hydroxylation sites is 1. The quantitative estimate of drug-likeness (QED) is 0.803. The zero-order valence-corrected chi connectivity index (χ0v) is 12.0. The Balaban J connectivity index is 2.40. The van der Waals surface area contributed by atoms with Crippen molar-refractivity contribution in [3.8, 4) is 5.75 Å². The average molecular weight is 310 g/mol. The average Bonchev–Trinajstić information content (AvgIpc) is 2.58. The number of carbonyl (C=O) groups is 1. The fraction of sp³-hybridized carbons (Fsp3) is 0.154. The van der Waals surface area contributed by atoms with Crippen LogP contribution in [0.3, 0.4) is 0 Å². The first-order valence-corrected chi connectivity index (χ1v) is 7.62. The zero-order valence-electron chi connectivity index (χ0n) is 11.2. The van der Waals surface area contributed by atoms with E-state index in [0.29, 0.717) is 5.56 Å². The highest BCUT2D eigenvalue weighted by Crippen LogP contribution is 2.29. The maximum Gasteiger partial charge on any atom is 0.341 e. The Morgan fingerprint density at radius 2 is 2.19 bits per heavy atom. The van der Waals surface area contributed by atoms with Gasteiger partial charge < -0.3 is 9.47 Å². The number of benzene rings is 1. The summed E-state index contributed by atoms with van der Waals surface area (Å²) in [6, 6.07) is 4.93. The van der Waals surface area contributed by atoms with Gasteiger partial charge in [0.2, 0.25) is 5.88 Å². The van der Waals surface area contributed by atoms with Gasteiger partial charge in [0.15, 0.2) is 5.75 Å². The lowest BCUT2D eigenvalue weighted by Crippen LogP contribution is -2.32. The molecule has 3 N–H and O–H groups in total. The van der Waals surface area contributed by atoms with Crippen molar-refractivity contribution in [2.24, 2.45) is 5.14 Å². The van der Waals surface area contributed by atoms with E-state index >= 15 is 0 Å². The van der Waals surface area contributed by atoms with Gasteiger partial charge in [0.1, 0.15) is 5.56 Å². The second-order valence-corrected chi connectivity index (χ2v) is 5.38. The Morgan fingerprint density at radius 3 is 2.86 bits per heavy atom. The largest absolute Gasteiger partial charge is 0.462 e. The fourth-order valence-corrected chi connectivity index (χ4v) is 2.14. The van der Waals surface area contributed by atoms with Gasteiger partial charge in [-0.05, 0) is 19.1 Å². The molecular weight excluding hydrogens is 296 g/mol. The van der Waals surface area contributed by atoms with Crippen LogP contribution >= 0.6 is 0 Å². The number of hydrogen-bond acceptors (Lipinski definition) is 5. The van der Waals surface area contributed by atoms with E-state index in [-0.39, 0.29) is 23.8 Å². The molecule has 2 rings (SSSR count). The van der Waals surface area contributed by atoms with Crippen LogP contribution in [0.1, 0.15) is 22.8 Å². The van der Waals surface area contributed by atoms with Crippen molar-refractivity contribution in [1.82, 2.24) is 4.72 Å². The summed E-state index contributed by atoms with van der Waals surface area (Å²) >= 11 is 0. The van der Waals surface area contributed by atoms with Crippen molar-refractivity contribution in [2.75, 3.05) is 6.61 Å². The number of fused-ring (bicyclic) bond motifs is 1. The number of rotatable bonds is 4. The van der Waals surface area contributed by atoms with Crippen molar-refractivity contribution >= 4 is 22.3 Å². The monoisotopic (exact) mass is 310 g/mol. The number of esters is 1. The fourth-order valence-electron chi connectivity index (χ4n) is 1.75.